The largest absolute Gasteiger partial charge is 0.294 e. The van der Waals surface area contributed by atoms with Crippen LogP contribution in [0.25, 0.3) is 0 Å². The fourth-order valence-corrected chi connectivity index (χ4v) is 2.82. The SMILES string of the molecule is CC(=O)c1ccc(Sc2nncs2)cc1[N+](=O)[O-]. The van der Waals surface area contributed by atoms with Gasteiger partial charge >= 0.3 is 0 Å². The van der Waals surface area contributed by atoms with Crippen LogP contribution in [0.3, 0.4) is 0 Å². The normalized spacial score (nSPS) is 10.3. The zero-order valence-corrected chi connectivity index (χ0v) is 10.8. The Morgan fingerprint density at radius 3 is 2.83 bits per heavy atom. The lowest BCUT2D eigenvalue weighted by atomic mass is 10.1. The van der Waals surface area contributed by atoms with Crippen molar-refractivity contribution in [3.63, 3.8) is 0 Å². The van der Waals surface area contributed by atoms with E-state index in [2.05, 4.69) is 10.2 Å². The molecule has 8 heteroatoms. The summed E-state index contributed by atoms with van der Waals surface area (Å²) in [6, 6.07) is 4.50. The predicted octanol–water partition coefficient (Wildman–Crippen LogP) is 2.80. The van der Waals surface area contributed by atoms with E-state index in [1.165, 1.54) is 42.2 Å². The second-order valence-electron chi connectivity index (χ2n) is 3.30. The lowest BCUT2D eigenvalue weighted by Crippen LogP contribution is -2.00. The second kappa shape index (κ2) is 5.23. The first kappa shape index (κ1) is 12.7. The van der Waals surface area contributed by atoms with Gasteiger partial charge in [-0.2, -0.15) is 0 Å². The van der Waals surface area contributed by atoms with E-state index in [-0.39, 0.29) is 17.0 Å². The molecule has 0 fully saturated rings. The molecule has 1 heterocycles. The number of hydrogen-bond donors (Lipinski definition) is 0. The molecule has 6 nitrogen and oxygen atoms in total. The van der Waals surface area contributed by atoms with Crippen LogP contribution in [0.1, 0.15) is 17.3 Å². The van der Waals surface area contributed by atoms with Crippen molar-refractivity contribution in [3.05, 3.63) is 39.4 Å². The van der Waals surface area contributed by atoms with Crippen LogP contribution >= 0.6 is 23.1 Å². The zero-order chi connectivity index (χ0) is 13.1. The van der Waals surface area contributed by atoms with E-state index in [1.54, 1.807) is 11.6 Å². The molecule has 92 valence electrons. The summed E-state index contributed by atoms with van der Waals surface area (Å²) >= 11 is 2.62. The summed E-state index contributed by atoms with van der Waals surface area (Å²) in [6.07, 6.45) is 0. The molecular weight excluding hydrogens is 274 g/mol. The predicted molar refractivity (Wildman–Crippen MR) is 67.1 cm³/mol. The van der Waals surface area contributed by atoms with Gasteiger partial charge in [0.2, 0.25) is 0 Å². The van der Waals surface area contributed by atoms with E-state index in [0.29, 0.717) is 9.24 Å². The van der Waals surface area contributed by atoms with Crippen LogP contribution in [0.2, 0.25) is 0 Å². The topological polar surface area (TPSA) is 86.0 Å². The lowest BCUT2D eigenvalue weighted by Gasteiger charge is -2.01. The van der Waals surface area contributed by atoms with Gasteiger partial charge in [-0.05, 0) is 19.1 Å². The van der Waals surface area contributed by atoms with Gasteiger partial charge in [-0.25, -0.2) is 0 Å². The quantitative estimate of drug-likeness (QED) is 0.486. The first-order chi connectivity index (χ1) is 8.58. The summed E-state index contributed by atoms with van der Waals surface area (Å²) in [5.41, 5.74) is 1.51. The standard InChI is InChI=1S/C10H7N3O3S2/c1-6(14)8-3-2-7(4-9(8)13(15)16)18-10-12-11-5-17-10/h2-5H,1H3. The van der Waals surface area contributed by atoms with Crippen LogP contribution in [0, 0.1) is 10.1 Å². The number of nitro benzene ring substituents is 1. The van der Waals surface area contributed by atoms with Crippen LogP contribution in [0.4, 0.5) is 5.69 Å². The van der Waals surface area contributed by atoms with Gasteiger partial charge in [-0.15, -0.1) is 10.2 Å². The van der Waals surface area contributed by atoms with Crippen molar-refractivity contribution in [1.29, 1.82) is 0 Å². The second-order valence-corrected chi connectivity index (χ2v) is 5.45. The molecule has 1 aromatic heterocycles. The molecule has 0 saturated carbocycles. The van der Waals surface area contributed by atoms with Gasteiger partial charge in [0.05, 0.1) is 10.5 Å². The van der Waals surface area contributed by atoms with E-state index in [9.17, 15) is 14.9 Å². The molecule has 0 N–H and O–H groups in total. The Bertz CT molecular complexity index is 598. The van der Waals surface area contributed by atoms with Crippen molar-refractivity contribution in [1.82, 2.24) is 10.2 Å². The summed E-state index contributed by atoms with van der Waals surface area (Å²) in [7, 11) is 0. The number of rotatable bonds is 4. The Hall–Kier alpha value is -1.80. The van der Waals surface area contributed by atoms with Crippen molar-refractivity contribution < 1.29 is 9.72 Å². The van der Waals surface area contributed by atoms with E-state index in [1.807, 2.05) is 0 Å². The third kappa shape index (κ3) is 2.71. The highest BCUT2D eigenvalue weighted by Gasteiger charge is 2.18. The van der Waals surface area contributed by atoms with E-state index >= 15 is 0 Å². The number of aromatic nitrogens is 2. The fraction of sp³-hybridized carbons (Fsp3) is 0.100. The highest BCUT2D eigenvalue weighted by atomic mass is 32.2. The van der Waals surface area contributed by atoms with E-state index in [0.717, 1.165) is 0 Å². The van der Waals surface area contributed by atoms with E-state index < -0.39 is 4.92 Å². The highest BCUT2D eigenvalue weighted by molar-refractivity contribution is 8.01. The molecule has 0 radical (unpaired) electrons. The van der Waals surface area contributed by atoms with Crippen LogP contribution in [-0.4, -0.2) is 20.9 Å². The average Bonchev–Trinajstić information content (AvgIpc) is 2.81. The summed E-state index contributed by atoms with van der Waals surface area (Å²) in [5.74, 6) is -0.325. The maximum absolute atomic E-state index is 11.3. The number of ketones is 1. The molecule has 2 aromatic rings. The first-order valence-corrected chi connectivity index (χ1v) is 6.51. The molecule has 2 rings (SSSR count). The zero-order valence-electron chi connectivity index (χ0n) is 9.19. The summed E-state index contributed by atoms with van der Waals surface area (Å²) in [5, 5.41) is 18.4. The van der Waals surface area contributed by atoms with E-state index in [4.69, 9.17) is 0 Å². The van der Waals surface area contributed by atoms with Crippen molar-refractivity contribution >= 4 is 34.6 Å². The molecule has 0 unspecified atom stereocenters. The molecule has 1 aromatic carbocycles. The van der Waals surface area contributed by atoms with Crippen LogP contribution in [0.15, 0.2) is 32.9 Å². The molecular formula is C10H7N3O3S2. The van der Waals surface area contributed by atoms with Crippen LogP contribution in [-0.2, 0) is 0 Å². The molecule has 0 aliphatic rings. The number of Topliss-reactive ketones (excluding diaryl/α,β-unsaturated/α-hetero) is 1. The Morgan fingerprint density at radius 2 is 2.28 bits per heavy atom. The van der Waals surface area contributed by atoms with Gasteiger partial charge in [-0.1, -0.05) is 23.1 Å². The Morgan fingerprint density at radius 1 is 1.50 bits per heavy atom. The number of carbonyl (C=O) groups excluding carboxylic acids is 1. The van der Waals surface area contributed by atoms with Gasteiger partial charge < -0.3 is 0 Å². The molecule has 0 atom stereocenters. The monoisotopic (exact) mass is 281 g/mol. The first-order valence-electron chi connectivity index (χ1n) is 4.81. The summed E-state index contributed by atoms with van der Waals surface area (Å²) < 4.78 is 0.694. The molecule has 0 aliphatic heterocycles. The molecule has 0 bridgehead atoms. The molecule has 0 aliphatic carbocycles. The number of nitro groups is 1. The lowest BCUT2D eigenvalue weighted by molar-refractivity contribution is -0.385. The van der Waals surface area contributed by atoms with Gasteiger partial charge in [0.25, 0.3) is 5.69 Å². The van der Waals surface area contributed by atoms with Crippen LogP contribution in [0.5, 0.6) is 0 Å². The van der Waals surface area contributed by atoms with Crippen LogP contribution < -0.4 is 0 Å². The number of carbonyl (C=O) groups is 1. The molecule has 18 heavy (non-hydrogen) atoms. The maximum Gasteiger partial charge on any atom is 0.281 e. The smallest absolute Gasteiger partial charge is 0.281 e. The Balaban J connectivity index is 2.37. The third-order valence-electron chi connectivity index (χ3n) is 2.09. The van der Waals surface area contributed by atoms with Gasteiger partial charge in [0.15, 0.2) is 10.1 Å². The Labute approximate surface area is 110 Å². The number of hydrogen-bond acceptors (Lipinski definition) is 7. The van der Waals surface area contributed by atoms with Gasteiger partial charge in [0.1, 0.15) is 5.51 Å². The van der Waals surface area contributed by atoms with Gasteiger partial charge in [-0.3, -0.25) is 14.9 Å². The van der Waals surface area contributed by atoms with Crippen molar-refractivity contribution in [2.45, 2.75) is 16.2 Å². The van der Waals surface area contributed by atoms with Crippen molar-refractivity contribution in [3.8, 4) is 0 Å². The number of benzene rings is 1. The average molecular weight is 281 g/mol. The number of nitrogens with zero attached hydrogens (tertiary/aromatic N) is 3. The summed E-state index contributed by atoms with van der Waals surface area (Å²) in [4.78, 5) is 22.3. The minimum absolute atomic E-state index is 0.113. The third-order valence-corrected chi connectivity index (χ3v) is 3.86. The van der Waals surface area contributed by atoms with Crippen molar-refractivity contribution in [2.24, 2.45) is 0 Å². The van der Waals surface area contributed by atoms with Crippen molar-refractivity contribution in [2.75, 3.05) is 0 Å². The Kier molecular flexibility index (Phi) is 3.68. The fourth-order valence-electron chi connectivity index (χ4n) is 1.33. The highest BCUT2D eigenvalue weighted by Crippen LogP contribution is 2.32. The summed E-state index contributed by atoms with van der Waals surface area (Å²) in [6.45, 7) is 1.31. The minimum Gasteiger partial charge on any atom is -0.294 e. The molecule has 0 spiro atoms. The minimum atomic E-state index is -0.555. The molecule has 0 amide bonds. The maximum atomic E-state index is 11.3. The van der Waals surface area contributed by atoms with Gasteiger partial charge in [0, 0.05) is 11.0 Å². The molecule has 0 saturated heterocycles.